The Kier molecular flexibility index (Phi) is 10.3. The summed E-state index contributed by atoms with van der Waals surface area (Å²) in [5.41, 5.74) is 10.6. The van der Waals surface area contributed by atoms with E-state index in [4.69, 9.17) is 23.1 Å². The van der Waals surface area contributed by atoms with Gasteiger partial charge in [-0.25, -0.2) is 14.4 Å². The minimum Gasteiger partial charge on any atom is -0.364 e. The number of likely N-dealkylation sites (tertiary alicyclic amines) is 1. The van der Waals surface area contributed by atoms with Crippen LogP contribution in [0, 0.1) is 18.2 Å². The molecule has 0 bridgehead atoms. The molecule has 3 aromatic rings. The van der Waals surface area contributed by atoms with Gasteiger partial charge >= 0.3 is 6.61 Å². The molecule has 2 aliphatic carbocycles. The molecule has 278 valence electrons. The number of hydrogen-bond donors (Lipinski definition) is 4. The number of anilines is 1. The van der Waals surface area contributed by atoms with Gasteiger partial charge in [-0.2, -0.15) is 8.78 Å². The minimum absolute atomic E-state index is 0.00189. The second kappa shape index (κ2) is 14.6. The van der Waals surface area contributed by atoms with Crippen molar-refractivity contribution in [1.82, 2.24) is 29.7 Å². The van der Waals surface area contributed by atoms with Crippen LogP contribution in [0.5, 0.6) is 0 Å². The Hall–Kier alpha value is -4.97. The zero-order valence-electron chi connectivity index (χ0n) is 28.0. The van der Waals surface area contributed by atoms with Crippen LogP contribution in [0.2, 0.25) is 5.02 Å². The molecular formula is C33H37ClF3N9O6. The van der Waals surface area contributed by atoms with Crippen LogP contribution in [0.15, 0.2) is 24.8 Å². The molecule has 4 heterocycles. The Morgan fingerprint density at radius 2 is 1.73 bits per heavy atom. The number of rotatable bonds is 9. The molecule has 2 saturated heterocycles. The summed E-state index contributed by atoms with van der Waals surface area (Å²) >= 11 is 6.25. The molecule has 4 aliphatic rings. The van der Waals surface area contributed by atoms with E-state index >= 15 is 0 Å². The molecule has 4 fully saturated rings. The van der Waals surface area contributed by atoms with E-state index in [1.54, 1.807) is 22.5 Å². The predicted molar refractivity (Wildman–Crippen MR) is 178 cm³/mol. The third-order valence-corrected chi connectivity index (χ3v) is 10.3. The Morgan fingerprint density at radius 3 is 2.35 bits per heavy atom. The van der Waals surface area contributed by atoms with Crippen molar-refractivity contribution < 1.29 is 41.9 Å². The SMILES string of the molecule is Cc1cc(N2CCC3(CCC(NC(=O)c4[nH]cnc4C(=O)N4CC(OC(F)F)C4)CC3)C2=O)c(Cl)cc1F.NC(=O)c1ncn(C2CC2)c1C(N)=O. The number of nitrogens with one attached hydrogen (secondary N) is 2. The third-order valence-electron chi connectivity index (χ3n) is 10.0. The molecule has 1 spiro atoms. The fourth-order valence-corrected chi connectivity index (χ4v) is 7.22. The molecule has 1 aromatic carbocycles. The second-order valence-electron chi connectivity index (χ2n) is 13.5. The third kappa shape index (κ3) is 7.34. The van der Waals surface area contributed by atoms with Gasteiger partial charge in [-0.15, -0.1) is 0 Å². The van der Waals surface area contributed by atoms with Crippen LogP contribution in [-0.4, -0.2) is 92.3 Å². The number of ether oxygens (including phenoxy) is 1. The van der Waals surface area contributed by atoms with Crippen LogP contribution in [0.1, 0.15) is 98.5 Å². The van der Waals surface area contributed by atoms with Crippen LogP contribution in [-0.2, 0) is 9.53 Å². The van der Waals surface area contributed by atoms with Gasteiger partial charge in [-0.05, 0) is 69.6 Å². The highest BCUT2D eigenvalue weighted by atomic mass is 35.5. The number of H-pyrrole nitrogens is 1. The predicted octanol–water partition coefficient (Wildman–Crippen LogP) is 3.09. The number of aryl methyl sites for hydroxylation is 1. The Morgan fingerprint density at radius 1 is 1.04 bits per heavy atom. The summed E-state index contributed by atoms with van der Waals surface area (Å²) in [4.78, 5) is 74.5. The van der Waals surface area contributed by atoms with Crippen molar-refractivity contribution in [3.05, 3.63) is 64.0 Å². The number of nitrogens with zero attached hydrogens (tertiary/aromatic N) is 5. The molecule has 2 aliphatic heterocycles. The van der Waals surface area contributed by atoms with Crippen LogP contribution >= 0.6 is 11.6 Å². The number of carbonyl (C=O) groups is 5. The van der Waals surface area contributed by atoms with Crippen molar-refractivity contribution in [2.45, 2.75) is 76.7 Å². The van der Waals surface area contributed by atoms with E-state index in [0.29, 0.717) is 49.9 Å². The van der Waals surface area contributed by atoms with Crippen molar-refractivity contribution in [3.63, 3.8) is 0 Å². The second-order valence-corrected chi connectivity index (χ2v) is 13.9. The normalized spacial score (nSPS) is 21.6. The number of alkyl halides is 2. The Balaban J connectivity index is 0.000000276. The molecule has 52 heavy (non-hydrogen) atoms. The topological polar surface area (TPSA) is 212 Å². The Bertz CT molecular complexity index is 1900. The van der Waals surface area contributed by atoms with E-state index in [0.717, 1.165) is 12.8 Å². The van der Waals surface area contributed by atoms with E-state index in [2.05, 4.69) is 25.0 Å². The monoisotopic (exact) mass is 747 g/mol. The lowest BCUT2D eigenvalue weighted by Crippen LogP contribution is -2.55. The van der Waals surface area contributed by atoms with E-state index in [1.807, 2.05) is 0 Å². The maximum Gasteiger partial charge on any atom is 0.345 e. The fourth-order valence-electron chi connectivity index (χ4n) is 6.97. The fraction of sp³-hybridized carbons (Fsp3) is 0.485. The van der Waals surface area contributed by atoms with Gasteiger partial charge in [0.15, 0.2) is 11.4 Å². The highest BCUT2D eigenvalue weighted by Crippen LogP contribution is 2.47. The van der Waals surface area contributed by atoms with Gasteiger partial charge in [0.25, 0.3) is 23.6 Å². The van der Waals surface area contributed by atoms with Crippen LogP contribution in [0.25, 0.3) is 0 Å². The van der Waals surface area contributed by atoms with Crippen molar-refractivity contribution in [2.24, 2.45) is 16.9 Å². The number of primary amides is 2. The van der Waals surface area contributed by atoms with Crippen LogP contribution in [0.3, 0.4) is 0 Å². The standard InChI is InChI=1S/C25H27ClF3N5O4.C8H10N4O2/c1-13-8-18(16(26)9-17(13)27)34-7-6-25(23(34)37)4-2-14(3-5-25)32-21(35)19-20(31-12-30-19)22(36)33-10-15(11-33)38-24(28)29;9-7(13)5-6(8(10)14)12(3-11-5)4-1-2-4/h8-9,12,14-15,24H,2-7,10-11H2,1H3,(H,30,31)(H,32,35);3-4H,1-2H2,(H2,9,13)(H2,10,14). The van der Waals surface area contributed by atoms with Gasteiger partial charge in [0.05, 0.1) is 34.9 Å². The lowest BCUT2D eigenvalue weighted by Gasteiger charge is -2.38. The quantitative estimate of drug-likeness (QED) is 0.255. The maximum atomic E-state index is 13.8. The number of aromatic amines is 1. The van der Waals surface area contributed by atoms with Crippen LogP contribution in [0.4, 0.5) is 18.9 Å². The highest BCUT2D eigenvalue weighted by Gasteiger charge is 2.49. The van der Waals surface area contributed by atoms with Crippen molar-refractivity contribution in [2.75, 3.05) is 24.5 Å². The average Bonchev–Trinajstić information content (AvgIpc) is 3.48. The van der Waals surface area contributed by atoms with Gasteiger partial charge in [0, 0.05) is 31.7 Å². The molecule has 6 N–H and O–H groups in total. The van der Waals surface area contributed by atoms with Gasteiger partial charge < -0.3 is 40.9 Å². The molecule has 15 nitrogen and oxygen atoms in total. The van der Waals surface area contributed by atoms with E-state index < -0.39 is 47.6 Å². The average molecular weight is 748 g/mol. The smallest absolute Gasteiger partial charge is 0.345 e. The largest absolute Gasteiger partial charge is 0.364 e. The molecule has 2 saturated carbocycles. The van der Waals surface area contributed by atoms with Crippen LogP contribution < -0.4 is 21.7 Å². The van der Waals surface area contributed by atoms with Crippen molar-refractivity contribution in [1.29, 1.82) is 0 Å². The van der Waals surface area contributed by atoms with Gasteiger partial charge in [0.1, 0.15) is 17.2 Å². The lowest BCUT2D eigenvalue weighted by molar-refractivity contribution is -0.189. The first-order valence-electron chi connectivity index (χ1n) is 16.7. The van der Waals surface area contributed by atoms with E-state index in [9.17, 15) is 37.1 Å². The number of aromatic nitrogens is 4. The van der Waals surface area contributed by atoms with Crippen molar-refractivity contribution in [3.8, 4) is 0 Å². The number of nitrogens with two attached hydrogens (primary N) is 2. The number of halogens is 4. The van der Waals surface area contributed by atoms with E-state index in [1.165, 1.54) is 23.6 Å². The molecular weight excluding hydrogens is 711 g/mol. The zero-order chi connectivity index (χ0) is 37.5. The summed E-state index contributed by atoms with van der Waals surface area (Å²) < 4.78 is 44.5. The maximum absolute atomic E-state index is 13.8. The van der Waals surface area contributed by atoms with Gasteiger partial charge in [-0.3, -0.25) is 24.0 Å². The summed E-state index contributed by atoms with van der Waals surface area (Å²) in [5, 5.41) is 3.11. The van der Waals surface area contributed by atoms with Gasteiger partial charge in [0.2, 0.25) is 5.91 Å². The summed E-state index contributed by atoms with van der Waals surface area (Å²) in [6.45, 7) is -0.809. The van der Waals surface area contributed by atoms with Gasteiger partial charge in [-0.1, -0.05) is 11.6 Å². The first-order chi connectivity index (χ1) is 24.7. The van der Waals surface area contributed by atoms with Crippen molar-refractivity contribution >= 4 is 46.8 Å². The number of imidazole rings is 2. The van der Waals surface area contributed by atoms with E-state index in [-0.39, 0.29) is 58.9 Å². The number of amides is 5. The summed E-state index contributed by atoms with van der Waals surface area (Å²) in [7, 11) is 0. The first kappa shape index (κ1) is 36.8. The molecule has 19 heteroatoms. The molecule has 2 aromatic heterocycles. The molecule has 0 atom stereocenters. The Labute approximate surface area is 300 Å². The lowest BCUT2D eigenvalue weighted by atomic mass is 9.71. The summed E-state index contributed by atoms with van der Waals surface area (Å²) in [6.07, 6.45) is 6.81. The summed E-state index contributed by atoms with van der Waals surface area (Å²) in [6, 6.07) is 2.86. The minimum atomic E-state index is -2.91. The zero-order valence-corrected chi connectivity index (χ0v) is 28.8. The number of hydrogen-bond acceptors (Lipinski definition) is 8. The first-order valence-corrected chi connectivity index (χ1v) is 17.1. The molecule has 0 unspecified atom stereocenters. The molecule has 7 rings (SSSR count). The summed E-state index contributed by atoms with van der Waals surface area (Å²) in [5.74, 6) is -2.89. The molecule has 0 radical (unpaired) electrons. The number of carbonyl (C=O) groups excluding carboxylic acids is 5. The molecule has 5 amide bonds. The highest BCUT2D eigenvalue weighted by molar-refractivity contribution is 6.34. The number of benzene rings is 1.